The lowest BCUT2D eigenvalue weighted by Crippen LogP contribution is -2.18. The molecule has 2 aromatic rings. The predicted molar refractivity (Wildman–Crippen MR) is 79.9 cm³/mol. The van der Waals surface area contributed by atoms with E-state index in [0.29, 0.717) is 5.82 Å². The predicted octanol–water partition coefficient (Wildman–Crippen LogP) is 2.57. The number of anilines is 4. The van der Waals surface area contributed by atoms with Gasteiger partial charge >= 0.3 is 0 Å². The van der Waals surface area contributed by atoms with Gasteiger partial charge in [-0.3, -0.25) is 0 Å². The third-order valence-electron chi connectivity index (χ3n) is 2.92. The lowest BCUT2D eigenvalue weighted by Gasteiger charge is -2.22. The Hall–Kier alpha value is -2.30. The normalized spacial score (nSPS) is 10.3. The Labute approximate surface area is 113 Å². The van der Waals surface area contributed by atoms with Crippen molar-refractivity contribution in [1.82, 2.24) is 9.97 Å². The van der Waals surface area contributed by atoms with Crippen molar-refractivity contribution in [2.75, 3.05) is 29.5 Å². The zero-order chi connectivity index (χ0) is 13.8. The SMILES string of the molecule is CCN(c1ccc(C)cc1)c1cc(NC)nc(N)n1. The molecule has 1 heterocycles. The molecule has 0 aliphatic carbocycles. The molecule has 0 amide bonds. The summed E-state index contributed by atoms with van der Waals surface area (Å²) in [5.74, 6) is 1.78. The van der Waals surface area contributed by atoms with Crippen molar-refractivity contribution in [2.45, 2.75) is 13.8 Å². The maximum absolute atomic E-state index is 5.74. The molecule has 5 heteroatoms. The van der Waals surface area contributed by atoms with Crippen molar-refractivity contribution < 1.29 is 0 Å². The van der Waals surface area contributed by atoms with Crippen LogP contribution in [0.2, 0.25) is 0 Å². The quantitative estimate of drug-likeness (QED) is 0.881. The lowest BCUT2D eigenvalue weighted by atomic mass is 10.2. The van der Waals surface area contributed by atoms with Gasteiger partial charge in [0, 0.05) is 25.3 Å². The van der Waals surface area contributed by atoms with Crippen LogP contribution in [0.1, 0.15) is 12.5 Å². The zero-order valence-corrected chi connectivity index (χ0v) is 11.5. The van der Waals surface area contributed by atoms with Gasteiger partial charge in [0.25, 0.3) is 0 Å². The average Bonchev–Trinajstić information content (AvgIpc) is 2.41. The summed E-state index contributed by atoms with van der Waals surface area (Å²) in [7, 11) is 1.81. The number of aromatic nitrogens is 2. The molecule has 0 bridgehead atoms. The fraction of sp³-hybridized carbons (Fsp3) is 0.286. The smallest absolute Gasteiger partial charge is 0.223 e. The number of hydrogen-bond acceptors (Lipinski definition) is 5. The molecule has 5 nitrogen and oxygen atoms in total. The topological polar surface area (TPSA) is 67.1 Å². The number of nitrogens with one attached hydrogen (secondary N) is 1. The van der Waals surface area contributed by atoms with Gasteiger partial charge in [-0.05, 0) is 26.0 Å². The van der Waals surface area contributed by atoms with E-state index in [0.717, 1.165) is 18.1 Å². The van der Waals surface area contributed by atoms with Crippen molar-refractivity contribution >= 4 is 23.3 Å². The molecule has 0 aliphatic heterocycles. The van der Waals surface area contributed by atoms with Gasteiger partial charge in [0.2, 0.25) is 5.95 Å². The molecule has 100 valence electrons. The van der Waals surface area contributed by atoms with Gasteiger partial charge in [0.05, 0.1) is 0 Å². The van der Waals surface area contributed by atoms with Gasteiger partial charge < -0.3 is 16.0 Å². The number of nitrogens with two attached hydrogens (primary N) is 1. The highest BCUT2D eigenvalue weighted by Gasteiger charge is 2.10. The summed E-state index contributed by atoms with van der Waals surface area (Å²) >= 11 is 0. The van der Waals surface area contributed by atoms with Gasteiger partial charge in [-0.2, -0.15) is 9.97 Å². The van der Waals surface area contributed by atoms with E-state index in [9.17, 15) is 0 Å². The second-order valence-electron chi connectivity index (χ2n) is 4.30. The first-order valence-corrected chi connectivity index (χ1v) is 6.30. The number of benzene rings is 1. The maximum atomic E-state index is 5.74. The molecule has 0 saturated carbocycles. The van der Waals surface area contributed by atoms with Crippen LogP contribution in [0.5, 0.6) is 0 Å². The van der Waals surface area contributed by atoms with E-state index >= 15 is 0 Å². The summed E-state index contributed by atoms with van der Waals surface area (Å²) in [4.78, 5) is 10.5. The molecular weight excluding hydrogens is 238 g/mol. The second-order valence-corrected chi connectivity index (χ2v) is 4.30. The summed E-state index contributed by atoms with van der Waals surface area (Å²) in [6, 6.07) is 10.2. The molecule has 1 aromatic heterocycles. The van der Waals surface area contributed by atoms with Gasteiger partial charge in [0.1, 0.15) is 11.6 Å². The first kappa shape index (κ1) is 13.1. The van der Waals surface area contributed by atoms with Crippen LogP contribution < -0.4 is 16.0 Å². The third-order valence-corrected chi connectivity index (χ3v) is 2.92. The molecule has 3 N–H and O–H groups in total. The second kappa shape index (κ2) is 5.56. The van der Waals surface area contributed by atoms with Crippen LogP contribution in [0.25, 0.3) is 0 Å². The van der Waals surface area contributed by atoms with E-state index < -0.39 is 0 Å². The van der Waals surface area contributed by atoms with Gasteiger partial charge in [0.15, 0.2) is 0 Å². The van der Waals surface area contributed by atoms with Crippen LogP contribution in [0, 0.1) is 6.92 Å². The van der Waals surface area contributed by atoms with E-state index in [4.69, 9.17) is 5.73 Å². The first-order valence-electron chi connectivity index (χ1n) is 6.30. The Morgan fingerprint density at radius 1 is 1.21 bits per heavy atom. The number of hydrogen-bond donors (Lipinski definition) is 2. The maximum Gasteiger partial charge on any atom is 0.223 e. The Bertz CT molecular complexity index is 550. The summed E-state index contributed by atoms with van der Waals surface area (Å²) < 4.78 is 0. The summed E-state index contributed by atoms with van der Waals surface area (Å²) in [6.45, 7) is 4.96. The minimum absolute atomic E-state index is 0.271. The van der Waals surface area contributed by atoms with Crippen LogP contribution in [0.15, 0.2) is 30.3 Å². The summed E-state index contributed by atoms with van der Waals surface area (Å²) in [5, 5.41) is 2.99. The summed E-state index contributed by atoms with van der Waals surface area (Å²) in [6.07, 6.45) is 0. The molecule has 2 rings (SSSR count). The highest BCUT2D eigenvalue weighted by Crippen LogP contribution is 2.25. The largest absolute Gasteiger partial charge is 0.373 e. The fourth-order valence-electron chi connectivity index (χ4n) is 1.92. The van der Waals surface area contributed by atoms with E-state index in [-0.39, 0.29) is 5.95 Å². The number of aryl methyl sites for hydroxylation is 1. The van der Waals surface area contributed by atoms with Crippen LogP contribution in [-0.2, 0) is 0 Å². The first-order chi connectivity index (χ1) is 9.13. The standard InChI is InChI=1S/C14H19N5/c1-4-19(11-7-5-10(2)6-8-11)13-9-12(16-3)17-14(15)18-13/h5-9H,4H2,1-3H3,(H3,15,16,17,18). The molecular formula is C14H19N5. The molecule has 0 atom stereocenters. The minimum Gasteiger partial charge on any atom is -0.373 e. The number of nitrogen functional groups attached to an aromatic ring is 1. The van der Waals surface area contributed by atoms with Crippen LogP contribution in [0.4, 0.5) is 23.3 Å². The molecule has 0 aliphatic rings. The highest BCUT2D eigenvalue weighted by atomic mass is 15.2. The Morgan fingerprint density at radius 3 is 2.47 bits per heavy atom. The van der Waals surface area contributed by atoms with Crippen molar-refractivity contribution in [3.05, 3.63) is 35.9 Å². The van der Waals surface area contributed by atoms with Crippen molar-refractivity contribution in [3.63, 3.8) is 0 Å². The molecule has 0 radical (unpaired) electrons. The molecule has 19 heavy (non-hydrogen) atoms. The third kappa shape index (κ3) is 2.93. The molecule has 0 spiro atoms. The van der Waals surface area contributed by atoms with Crippen LogP contribution in [-0.4, -0.2) is 23.6 Å². The monoisotopic (exact) mass is 257 g/mol. The van der Waals surface area contributed by atoms with Crippen LogP contribution in [0.3, 0.4) is 0 Å². The van der Waals surface area contributed by atoms with E-state index in [1.165, 1.54) is 5.56 Å². The Morgan fingerprint density at radius 2 is 1.89 bits per heavy atom. The molecule has 0 saturated heterocycles. The molecule has 1 aromatic carbocycles. The van der Waals surface area contributed by atoms with Gasteiger partial charge in [-0.1, -0.05) is 17.7 Å². The zero-order valence-electron chi connectivity index (χ0n) is 11.5. The van der Waals surface area contributed by atoms with Crippen LogP contribution >= 0.6 is 0 Å². The van der Waals surface area contributed by atoms with E-state index in [1.54, 1.807) is 0 Å². The Kier molecular flexibility index (Phi) is 3.85. The highest BCUT2D eigenvalue weighted by molar-refractivity contribution is 5.63. The lowest BCUT2D eigenvalue weighted by molar-refractivity contribution is 0.980. The average molecular weight is 257 g/mol. The number of nitrogens with zero attached hydrogens (tertiary/aromatic N) is 3. The Balaban J connectivity index is 2.41. The van der Waals surface area contributed by atoms with Crippen molar-refractivity contribution in [2.24, 2.45) is 0 Å². The van der Waals surface area contributed by atoms with E-state index in [2.05, 4.69) is 58.3 Å². The fourth-order valence-corrected chi connectivity index (χ4v) is 1.92. The summed E-state index contributed by atoms with van der Waals surface area (Å²) in [5.41, 5.74) is 8.07. The number of rotatable bonds is 4. The van der Waals surface area contributed by atoms with Gasteiger partial charge in [-0.25, -0.2) is 0 Å². The van der Waals surface area contributed by atoms with Crippen molar-refractivity contribution in [3.8, 4) is 0 Å². The van der Waals surface area contributed by atoms with E-state index in [1.807, 2.05) is 13.1 Å². The van der Waals surface area contributed by atoms with Crippen molar-refractivity contribution in [1.29, 1.82) is 0 Å². The van der Waals surface area contributed by atoms with Gasteiger partial charge in [-0.15, -0.1) is 0 Å². The molecule has 0 fully saturated rings. The minimum atomic E-state index is 0.271. The molecule has 0 unspecified atom stereocenters.